The molecule has 1 amide bonds. The summed E-state index contributed by atoms with van der Waals surface area (Å²) in [6, 6.07) is 12.0. The number of benzene rings is 1. The Morgan fingerprint density at radius 2 is 1.83 bits per heavy atom. The second kappa shape index (κ2) is 10.1. The molecule has 8 nitrogen and oxygen atoms in total. The minimum atomic E-state index is -0.908. The highest BCUT2D eigenvalue weighted by atomic mass is 16.4. The Hall–Kier alpha value is -3.60. The van der Waals surface area contributed by atoms with Gasteiger partial charge in [-0.05, 0) is 43.2 Å². The molecule has 0 unspecified atom stereocenters. The molecule has 1 aromatic heterocycles. The summed E-state index contributed by atoms with van der Waals surface area (Å²) in [5.41, 5.74) is 1.59. The first-order chi connectivity index (χ1) is 14.1. The van der Waals surface area contributed by atoms with Gasteiger partial charge in [0.2, 0.25) is 5.95 Å². The van der Waals surface area contributed by atoms with E-state index in [1.54, 1.807) is 30.6 Å². The lowest BCUT2D eigenvalue weighted by Gasteiger charge is -2.34. The Morgan fingerprint density at radius 3 is 2.48 bits per heavy atom. The second-order valence-electron chi connectivity index (χ2n) is 6.67. The van der Waals surface area contributed by atoms with E-state index in [0.29, 0.717) is 17.6 Å². The second-order valence-corrected chi connectivity index (χ2v) is 6.67. The molecular formula is C21H23N5O3. The Labute approximate surface area is 169 Å². The average molecular weight is 393 g/mol. The van der Waals surface area contributed by atoms with Crippen molar-refractivity contribution in [2.45, 2.75) is 31.7 Å². The van der Waals surface area contributed by atoms with Crippen molar-refractivity contribution >= 4 is 23.5 Å². The molecule has 0 saturated carbocycles. The SMILES string of the molecule is O=C(O)CCC#CNC(=O)c1ccc(N2CCC(Nc3ncccn3)CC2)cc1. The summed E-state index contributed by atoms with van der Waals surface area (Å²) in [5, 5.41) is 14.4. The van der Waals surface area contributed by atoms with Crippen molar-refractivity contribution < 1.29 is 14.7 Å². The van der Waals surface area contributed by atoms with Gasteiger partial charge in [0.05, 0.1) is 6.42 Å². The fraction of sp³-hybridized carbons (Fsp3) is 0.333. The van der Waals surface area contributed by atoms with Crippen LogP contribution in [0.25, 0.3) is 0 Å². The average Bonchev–Trinajstić information content (AvgIpc) is 2.74. The topological polar surface area (TPSA) is 107 Å². The zero-order chi connectivity index (χ0) is 20.5. The number of nitrogens with zero attached hydrogens (tertiary/aromatic N) is 3. The van der Waals surface area contributed by atoms with Gasteiger partial charge in [0, 0.05) is 55.2 Å². The standard InChI is InChI=1S/C21H23N5O3/c27-19(28)4-1-2-11-22-20(29)16-5-7-18(8-6-16)26-14-9-17(10-15-26)25-21-23-12-3-13-24-21/h3,5-8,12-13,17H,1,4,9-10,14-15H2,(H,22,29)(H,27,28)(H,23,24,25). The van der Waals surface area contributed by atoms with Crippen LogP contribution in [0.3, 0.4) is 0 Å². The summed E-state index contributed by atoms with van der Waals surface area (Å²) in [5.74, 6) is 2.07. The molecule has 0 bridgehead atoms. The number of carboxylic acids is 1. The van der Waals surface area contributed by atoms with Crippen LogP contribution >= 0.6 is 0 Å². The predicted molar refractivity (Wildman–Crippen MR) is 109 cm³/mol. The first kappa shape index (κ1) is 20.1. The Kier molecular flexibility index (Phi) is 7.00. The van der Waals surface area contributed by atoms with Gasteiger partial charge in [0.1, 0.15) is 0 Å². The van der Waals surface area contributed by atoms with E-state index in [-0.39, 0.29) is 18.7 Å². The van der Waals surface area contributed by atoms with E-state index in [2.05, 4.69) is 37.5 Å². The lowest BCUT2D eigenvalue weighted by Crippen LogP contribution is -2.39. The van der Waals surface area contributed by atoms with E-state index in [1.807, 2.05) is 12.1 Å². The smallest absolute Gasteiger partial charge is 0.304 e. The van der Waals surface area contributed by atoms with E-state index in [4.69, 9.17) is 5.11 Å². The first-order valence-corrected chi connectivity index (χ1v) is 9.50. The summed E-state index contributed by atoms with van der Waals surface area (Å²) in [6.45, 7) is 1.82. The number of carbonyl (C=O) groups excluding carboxylic acids is 1. The van der Waals surface area contributed by atoms with Gasteiger partial charge >= 0.3 is 5.97 Å². The number of aromatic nitrogens is 2. The van der Waals surface area contributed by atoms with E-state index in [9.17, 15) is 9.59 Å². The minimum Gasteiger partial charge on any atom is -0.481 e. The zero-order valence-corrected chi connectivity index (χ0v) is 16.0. The maximum absolute atomic E-state index is 12.1. The largest absolute Gasteiger partial charge is 0.481 e. The molecule has 1 fully saturated rings. The first-order valence-electron chi connectivity index (χ1n) is 9.50. The van der Waals surface area contributed by atoms with Crippen molar-refractivity contribution in [1.82, 2.24) is 15.3 Å². The molecule has 0 radical (unpaired) electrons. The van der Waals surface area contributed by atoms with Crippen molar-refractivity contribution in [2.75, 3.05) is 23.3 Å². The molecule has 0 atom stereocenters. The molecule has 1 aliphatic rings. The lowest BCUT2D eigenvalue weighted by molar-refractivity contribution is -0.136. The molecule has 150 valence electrons. The molecule has 29 heavy (non-hydrogen) atoms. The number of amides is 1. The van der Waals surface area contributed by atoms with Crippen molar-refractivity contribution in [3.8, 4) is 12.0 Å². The Bertz CT molecular complexity index is 882. The van der Waals surface area contributed by atoms with Crippen LogP contribution in [-0.2, 0) is 4.79 Å². The third-order valence-corrected chi connectivity index (χ3v) is 4.62. The number of rotatable bonds is 6. The van der Waals surface area contributed by atoms with Crippen molar-refractivity contribution in [1.29, 1.82) is 0 Å². The van der Waals surface area contributed by atoms with Crippen LogP contribution < -0.4 is 15.5 Å². The maximum Gasteiger partial charge on any atom is 0.304 e. The van der Waals surface area contributed by atoms with Crippen LogP contribution in [0.4, 0.5) is 11.6 Å². The normalized spacial score (nSPS) is 13.9. The number of hydrogen-bond acceptors (Lipinski definition) is 6. The third kappa shape index (κ3) is 6.21. The van der Waals surface area contributed by atoms with Crippen LogP contribution in [0.2, 0.25) is 0 Å². The Balaban J connectivity index is 1.46. The molecule has 1 saturated heterocycles. The molecular weight excluding hydrogens is 370 g/mol. The molecule has 2 aromatic rings. The number of carboxylic acid groups (broad SMARTS) is 1. The van der Waals surface area contributed by atoms with Crippen LogP contribution in [0, 0.1) is 12.0 Å². The summed E-state index contributed by atoms with van der Waals surface area (Å²) >= 11 is 0. The highest BCUT2D eigenvalue weighted by molar-refractivity contribution is 5.95. The highest BCUT2D eigenvalue weighted by Crippen LogP contribution is 2.21. The number of hydrogen-bond donors (Lipinski definition) is 3. The molecule has 0 aliphatic carbocycles. The van der Waals surface area contributed by atoms with Crippen LogP contribution in [0.15, 0.2) is 42.7 Å². The quantitative estimate of drug-likeness (QED) is 0.510. The summed E-state index contributed by atoms with van der Waals surface area (Å²) in [6.07, 6.45) is 5.57. The van der Waals surface area contributed by atoms with Gasteiger partial charge in [-0.2, -0.15) is 0 Å². The molecule has 0 spiro atoms. The van der Waals surface area contributed by atoms with Gasteiger partial charge < -0.3 is 15.3 Å². The fourth-order valence-corrected chi connectivity index (χ4v) is 3.07. The van der Waals surface area contributed by atoms with E-state index < -0.39 is 5.97 Å². The van der Waals surface area contributed by atoms with E-state index in [0.717, 1.165) is 31.6 Å². The highest BCUT2D eigenvalue weighted by Gasteiger charge is 2.20. The monoisotopic (exact) mass is 393 g/mol. The van der Waals surface area contributed by atoms with Gasteiger partial charge in [-0.25, -0.2) is 9.97 Å². The number of carbonyl (C=O) groups is 2. The van der Waals surface area contributed by atoms with Gasteiger partial charge in [-0.15, -0.1) is 0 Å². The predicted octanol–water partition coefficient (Wildman–Crippen LogP) is 2.11. The van der Waals surface area contributed by atoms with Gasteiger partial charge in [-0.3, -0.25) is 14.9 Å². The molecule has 1 aromatic carbocycles. The van der Waals surface area contributed by atoms with Gasteiger partial charge in [0.15, 0.2) is 0 Å². The summed E-state index contributed by atoms with van der Waals surface area (Å²) in [7, 11) is 0. The van der Waals surface area contributed by atoms with Gasteiger partial charge in [0.25, 0.3) is 5.91 Å². The number of piperidine rings is 1. The molecule has 3 rings (SSSR count). The van der Waals surface area contributed by atoms with Gasteiger partial charge in [-0.1, -0.05) is 5.92 Å². The van der Waals surface area contributed by atoms with E-state index >= 15 is 0 Å². The number of anilines is 2. The zero-order valence-electron chi connectivity index (χ0n) is 16.0. The molecule has 8 heteroatoms. The molecule has 3 N–H and O–H groups in total. The number of aliphatic carboxylic acids is 1. The molecule has 1 aliphatic heterocycles. The van der Waals surface area contributed by atoms with Crippen LogP contribution in [0.5, 0.6) is 0 Å². The number of nitrogens with one attached hydrogen (secondary N) is 2. The van der Waals surface area contributed by atoms with E-state index in [1.165, 1.54) is 0 Å². The van der Waals surface area contributed by atoms with Crippen molar-refractivity contribution in [3.05, 3.63) is 48.3 Å². The van der Waals surface area contributed by atoms with Crippen LogP contribution in [-0.4, -0.2) is 46.1 Å². The van der Waals surface area contributed by atoms with Crippen molar-refractivity contribution in [3.63, 3.8) is 0 Å². The minimum absolute atomic E-state index is 0.0395. The third-order valence-electron chi connectivity index (χ3n) is 4.62. The fourth-order valence-electron chi connectivity index (χ4n) is 3.07. The Morgan fingerprint density at radius 1 is 1.14 bits per heavy atom. The summed E-state index contributed by atoms with van der Waals surface area (Å²) in [4.78, 5) is 33.2. The van der Waals surface area contributed by atoms with Crippen LogP contribution in [0.1, 0.15) is 36.0 Å². The van der Waals surface area contributed by atoms with Crippen molar-refractivity contribution in [2.24, 2.45) is 0 Å². The maximum atomic E-state index is 12.1. The summed E-state index contributed by atoms with van der Waals surface area (Å²) < 4.78 is 0. The molecule has 2 heterocycles. The lowest BCUT2D eigenvalue weighted by atomic mass is 10.0.